The smallest absolute Gasteiger partial charge is 0.337 e. The molecule has 0 heterocycles. The second kappa shape index (κ2) is 14.8. The molecule has 180 valence electrons. The quantitative estimate of drug-likeness (QED) is 0.237. The lowest BCUT2D eigenvalue weighted by molar-refractivity contribution is 0.0648. The average molecular weight is 457 g/mol. The van der Waals surface area contributed by atoms with Crippen LogP contribution in [0.25, 0.3) is 18.2 Å². The van der Waals surface area contributed by atoms with Crippen molar-refractivity contribution in [1.29, 1.82) is 0 Å². The first-order chi connectivity index (χ1) is 15.8. The molecule has 1 aromatic rings. The van der Waals surface area contributed by atoms with Gasteiger partial charge in [-0.25, -0.2) is 14.4 Å². The maximum Gasteiger partial charge on any atom is 0.337 e. The van der Waals surface area contributed by atoms with Gasteiger partial charge in [-0.1, -0.05) is 95.8 Å². The van der Waals surface area contributed by atoms with E-state index in [1.54, 1.807) is 24.3 Å². The largest absolute Gasteiger partial charge is 0.478 e. The van der Waals surface area contributed by atoms with Crippen molar-refractivity contribution in [3.8, 4) is 0 Å². The maximum atomic E-state index is 12.4. The summed E-state index contributed by atoms with van der Waals surface area (Å²) in [6.07, 6.45) is 17.5. The van der Waals surface area contributed by atoms with Crippen molar-refractivity contribution < 1.29 is 29.7 Å². The zero-order valence-corrected chi connectivity index (χ0v) is 19.9. The number of carbonyl (C=O) groups is 3. The molecule has 0 aliphatic heterocycles. The predicted octanol–water partition coefficient (Wildman–Crippen LogP) is 7.39. The topological polar surface area (TPSA) is 112 Å². The molecule has 0 aliphatic rings. The molecule has 0 aromatic heterocycles. The fraction of sp³-hybridized carbons (Fsp3) is 0.444. The molecule has 0 radical (unpaired) electrons. The van der Waals surface area contributed by atoms with Crippen molar-refractivity contribution in [2.45, 2.75) is 78.6 Å². The minimum Gasteiger partial charge on any atom is -0.478 e. The van der Waals surface area contributed by atoms with E-state index in [1.807, 2.05) is 26.8 Å². The van der Waals surface area contributed by atoms with Crippen LogP contribution in [-0.4, -0.2) is 33.2 Å². The fourth-order valence-corrected chi connectivity index (χ4v) is 3.57. The third-order valence-electron chi connectivity index (χ3n) is 5.29. The minimum atomic E-state index is -1.46. The molecule has 6 heteroatoms. The summed E-state index contributed by atoms with van der Waals surface area (Å²) in [5, 5.41) is 30.0. The standard InChI is InChI=1S/C27H36O6/c1-4-7-10-13-16-19-20(17-14-11-8-5-2)23(26(30)31)24(27(32)33)21(22(19)25(28)29)18-15-12-9-6-3/h13-18H,4-12H2,1-3H3,(H,28,29)(H,30,31)(H,32,33)/b16-13+,17-14+,18-15+. The zero-order valence-electron chi connectivity index (χ0n) is 19.9. The lowest BCUT2D eigenvalue weighted by Gasteiger charge is -2.18. The monoisotopic (exact) mass is 456 g/mol. The summed E-state index contributed by atoms with van der Waals surface area (Å²) in [5.41, 5.74) is -0.799. The van der Waals surface area contributed by atoms with Gasteiger partial charge >= 0.3 is 17.9 Å². The third-order valence-corrected chi connectivity index (χ3v) is 5.29. The van der Waals surface area contributed by atoms with E-state index in [2.05, 4.69) is 0 Å². The molecule has 0 atom stereocenters. The number of benzene rings is 1. The van der Waals surface area contributed by atoms with Crippen LogP contribution in [-0.2, 0) is 0 Å². The molecule has 1 aromatic carbocycles. The summed E-state index contributed by atoms with van der Waals surface area (Å²) in [6.45, 7) is 6.09. The number of rotatable bonds is 15. The second-order valence-electron chi connectivity index (χ2n) is 7.92. The van der Waals surface area contributed by atoms with Gasteiger partial charge in [0.1, 0.15) is 0 Å². The van der Waals surface area contributed by atoms with Gasteiger partial charge < -0.3 is 15.3 Å². The van der Waals surface area contributed by atoms with E-state index in [4.69, 9.17) is 0 Å². The second-order valence-corrected chi connectivity index (χ2v) is 7.92. The summed E-state index contributed by atoms with van der Waals surface area (Å²) in [4.78, 5) is 36.9. The highest BCUT2D eigenvalue weighted by Crippen LogP contribution is 2.33. The van der Waals surface area contributed by atoms with Crippen molar-refractivity contribution in [2.24, 2.45) is 0 Å². The molecule has 0 fully saturated rings. The van der Waals surface area contributed by atoms with Crippen LogP contribution in [0, 0.1) is 0 Å². The van der Waals surface area contributed by atoms with E-state index in [9.17, 15) is 29.7 Å². The van der Waals surface area contributed by atoms with Gasteiger partial charge in [-0.15, -0.1) is 0 Å². The van der Waals surface area contributed by atoms with Gasteiger partial charge in [0.15, 0.2) is 0 Å². The molecule has 3 N–H and O–H groups in total. The minimum absolute atomic E-state index is 0.0793. The summed E-state index contributed by atoms with van der Waals surface area (Å²) >= 11 is 0. The van der Waals surface area contributed by atoms with Crippen molar-refractivity contribution in [3.05, 3.63) is 51.6 Å². The Bertz CT molecular complexity index is 921. The van der Waals surface area contributed by atoms with Crippen LogP contribution >= 0.6 is 0 Å². The SMILES string of the molecule is CCCC/C=C/c1c(/C=C/CCCC)c(C(=O)O)c(C(=O)O)c(/C=C/CCCC)c1C(=O)O. The van der Waals surface area contributed by atoms with Gasteiger partial charge in [0.2, 0.25) is 0 Å². The number of carboxylic acid groups (broad SMARTS) is 3. The van der Waals surface area contributed by atoms with Crippen molar-refractivity contribution in [2.75, 3.05) is 0 Å². The van der Waals surface area contributed by atoms with Crippen LogP contribution < -0.4 is 0 Å². The Labute approximate surface area is 196 Å². The van der Waals surface area contributed by atoms with Gasteiger partial charge in [0.25, 0.3) is 0 Å². The molecule has 0 saturated carbocycles. The zero-order chi connectivity index (χ0) is 24.8. The van der Waals surface area contributed by atoms with E-state index in [0.717, 1.165) is 38.5 Å². The molecule has 33 heavy (non-hydrogen) atoms. The van der Waals surface area contributed by atoms with E-state index in [-0.39, 0.29) is 27.8 Å². The van der Waals surface area contributed by atoms with Crippen molar-refractivity contribution in [3.63, 3.8) is 0 Å². The average Bonchev–Trinajstić information content (AvgIpc) is 2.76. The summed E-state index contributed by atoms with van der Waals surface area (Å²) in [6, 6.07) is 0. The molecule has 0 aliphatic carbocycles. The first-order valence-electron chi connectivity index (χ1n) is 11.7. The van der Waals surface area contributed by atoms with Crippen molar-refractivity contribution in [1.82, 2.24) is 0 Å². The van der Waals surface area contributed by atoms with Gasteiger partial charge in [0, 0.05) is 5.56 Å². The normalized spacial score (nSPS) is 11.7. The fourth-order valence-electron chi connectivity index (χ4n) is 3.57. The van der Waals surface area contributed by atoms with E-state index in [1.165, 1.54) is 6.08 Å². The molecule has 0 unspecified atom stereocenters. The number of allylic oxidation sites excluding steroid dienone is 3. The summed E-state index contributed by atoms with van der Waals surface area (Å²) in [5.74, 6) is -4.15. The van der Waals surface area contributed by atoms with Crippen LogP contribution in [0.3, 0.4) is 0 Å². The van der Waals surface area contributed by atoms with E-state index >= 15 is 0 Å². The summed E-state index contributed by atoms with van der Waals surface area (Å²) < 4.78 is 0. The Morgan fingerprint density at radius 1 is 0.545 bits per heavy atom. The maximum absolute atomic E-state index is 12.4. The lowest BCUT2D eigenvalue weighted by atomic mass is 9.85. The van der Waals surface area contributed by atoms with Crippen LogP contribution in [0.2, 0.25) is 0 Å². The Morgan fingerprint density at radius 2 is 0.848 bits per heavy atom. The molecule has 1 rings (SSSR count). The van der Waals surface area contributed by atoms with Gasteiger partial charge in [0.05, 0.1) is 16.7 Å². The lowest BCUT2D eigenvalue weighted by Crippen LogP contribution is -2.18. The van der Waals surface area contributed by atoms with Crippen LogP contribution in [0.1, 0.15) is 126 Å². The highest BCUT2D eigenvalue weighted by molar-refractivity contribution is 6.12. The third kappa shape index (κ3) is 8.04. The van der Waals surface area contributed by atoms with E-state index < -0.39 is 23.5 Å². The van der Waals surface area contributed by atoms with Gasteiger partial charge in [-0.3, -0.25) is 0 Å². The molecule has 0 amide bonds. The number of hydrogen-bond donors (Lipinski definition) is 3. The highest BCUT2D eigenvalue weighted by Gasteiger charge is 2.30. The number of carboxylic acids is 3. The van der Waals surface area contributed by atoms with Crippen molar-refractivity contribution >= 4 is 36.1 Å². The number of unbranched alkanes of at least 4 members (excludes halogenated alkanes) is 6. The molecular formula is C27H36O6. The Hall–Kier alpha value is -3.15. The molecular weight excluding hydrogens is 420 g/mol. The van der Waals surface area contributed by atoms with Gasteiger partial charge in [-0.2, -0.15) is 0 Å². The molecule has 0 saturated heterocycles. The van der Waals surface area contributed by atoms with Gasteiger partial charge in [-0.05, 0) is 30.4 Å². The Morgan fingerprint density at radius 3 is 1.18 bits per heavy atom. The molecule has 0 spiro atoms. The van der Waals surface area contributed by atoms with Crippen LogP contribution in [0.4, 0.5) is 0 Å². The van der Waals surface area contributed by atoms with Crippen LogP contribution in [0.15, 0.2) is 18.2 Å². The number of aromatic carboxylic acids is 3. The van der Waals surface area contributed by atoms with Crippen LogP contribution in [0.5, 0.6) is 0 Å². The van der Waals surface area contributed by atoms with E-state index in [0.29, 0.717) is 19.3 Å². The highest BCUT2D eigenvalue weighted by atomic mass is 16.4. The Balaban J connectivity index is 4.03. The molecule has 6 nitrogen and oxygen atoms in total. The Kier molecular flexibility index (Phi) is 12.5. The first-order valence-corrected chi connectivity index (χ1v) is 11.7. The predicted molar refractivity (Wildman–Crippen MR) is 133 cm³/mol. The molecule has 0 bridgehead atoms. The number of hydrogen-bond acceptors (Lipinski definition) is 3. The summed E-state index contributed by atoms with van der Waals surface area (Å²) in [7, 11) is 0. The first kappa shape index (κ1) is 27.9.